The van der Waals surface area contributed by atoms with Gasteiger partial charge in [0, 0.05) is 18.7 Å². The lowest BCUT2D eigenvalue weighted by Gasteiger charge is -2.25. The van der Waals surface area contributed by atoms with Gasteiger partial charge in [-0.1, -0.05) is 29.5 Å². The minimum absolute atomic E-state index is 0.0324. The molecule has 0 aliphatic carbocycles. The monoisotopic (exact) mass is 395 g/mol. The molecule has 2 heterocycles. The van der Waals surface area contributed by atoms with Crippen LogP contribution in [0, 0.1) is 6.92 Å². The topological polar surface area (TPSA) is 93.4 Å². The summed E-state index contributed by atoms with van der Waals surface area (Å²) in [6.45, 7) is 3.73. The first-order chi connectivity index (χ1) is 12.2. The van der Waals surface area contributed by atoms with Crippen LogP contribution >= 0.6 is 11.8 Å². The molecule has 2 atom stereocenters. The predicted octanol–water partition coefficient (Wildman–Crippen LogP) is 2.17. The Morgan fingerprint density at radius 1 is 1.38 bits per heavy atom. The van der Waals surface area contributed by atoms with E-state index in [0.717, 1.165) is 11.1 Å². The van der Waals surface area contributed by atoms with Gasteiger partial charge in [-0.2, -0.15) is 0 Å². The Balaban J connectivity index is 1.64. The second-order valence-corrected chi connectivity index (χ2v) is 10.0. The Morgan fingerprint density at radius 2 is 2.15 bits per heavy atom. The van der Waals surface area contributed by atoms with Crippen molar-refractivity contribution in [3.05, 3.63) is 29.8 Å². The van der Waals surface area contributed by atoms with E-state index in [1.807, 2.05) is 31.2 Å². The normalized spacial score (nSPS) is 20.0. The largest absolute Gasteiger partial charge is 0.411 e. The third-order valence-corrected chi connectivity index (χ3v) is 7.07. The molecule has 0 N–H and O–H groups in total. The smallest absolute Gasteiger partial charge is 0.277 e. The molecule has 0 bridgehead atoms. The molecule has 1 fully saturated rings. The highest BCUT2D eigenvalue weighted by atomic mass is 32.2. The molecular weight excluding hydrogens is 374 g/mol. The molecule has 140 valence electrons. The zero-order chi connectivity index (χ0) is 18.9. The van der Waals surface area contributed by atoms with Crippen LogP contribution in [0.25, 0.3) is 11.5 Å². The van der Waals surface area contributed by atoms with E-state index in [4.69, 9.17) is 4.42 Å². The molecule has 1 amide bonds. The summed E-state index contributed by atoms with van der Waals surface area (Å²) in [5, 5.41) is 7.91. The number of nitrogens with zero attached hydrogens (tertiary/aromatic N) is 3. The van der Waals surface area contributed by atoms with Crippen molar-refractivity contribution in [3.8, 4) is 11.5 Å². The number of rotatable bonds is 5. The number of aryl methyl sites for hydroxylation is 1. The van der Waals surface area contributed by atoms with E-state index >= 15 is 0 Å². The molecule has 3 rings (SSSR count). The summed E-state index contributed by atoms with van der Waals surface area (Å²) in [6, 6.07) is 7.47. The summed E-state index contributed by atoms with van der Waals surface area (Å²) in [4.78, 5) is 14.1. The van der Waals surface area contributed by atoms with Crippen molar-refractivity contribution in [2.45, 2.75) is 36.8 Å². The van der Waals surface area contributed by atoms with Gasteiger partial charge in [-0.15, -0.1) is 10.2 Å². The molecule has 9 heteroatoms. The van der Waals surface area contributed by atoms with Crippen molar-refractivity contribution in [1.29, 1.82) is 0 Å². The molecule has 1 aromatic carbocycles. The van der Waals surface area contributed by atoms with E-state index in [-0.39, 0.29) is 23.5 Å². The van der Waals surface area contributed by atoms with Gasteiger partial charge in [0.25, 0.3) is 5.22 Å². The third-order valence-electron chi connectivity index (χ3n) is 4.40. The summed E-state index contributed by atoms with van der Waals surface area (Å²) >= 11 is 1.18. The number of aromatic nitrogens is 2. The van der Waals surface area contributed by atoms with Gasteiger partial charge < -0.3 is 9.32 Å². The Bertz CT molecular complexity index is 910. The number of carbonyl (C=O) groups is 1. The quantitative estimate of drug-likeness (QED) is 0.716. The van der Waals surface area contributed by atoms with Gasteiger partial charge in [0.1, 0.15) is 0 Å². The van der Waals surface area contributed by atoms with E-state index < -0.39 is 15.1 Å². The van der Waals surface area contributed by atoms with Crippen LogP contribution in [-0.4, -0.2) is 59.3 Å². The molecule has 1 saturated heterocycles. The first kappa shape index (κ1) is 18.9. The summed E-state index contributed by atoms with van der Waals surface area (Å²) < 4.78 is 28.9. The Labute approximate surface area is 157 Å². The standard InChI is InChI=1S/C17H21N3O4S2/c1-11-5-4-6-13(9-11)15-18-19-17(24-15)25-12(2)16(21)20(3)14-7-8-26(22,23)10-14/h4-6,9,12,14H,7-8,10H2,1-3H3/t12-,14-/m1/s1. The zero-order valence-electron chi connectivity index (χ0n) is 14.9. The number of hydrogen-bond donors (Lipinski definition) is 0. The van der Waals surface area contributed by atoms with Crippen molar-refractivity contribution < 1.29 is 17.6 Å². The molecule has 1 aromatic heterocycles. The van der Waals surface area contributed by atoms with Gasteiger partial charge in [-0.3, -0.25) is 4.79 Å². The van der Waals surface area contributed by atoms with E-state index in [0.29, 0.717) is 17.5 Å². The van der Waals surface area contributed by atoms with Crippen LogP contribution < -0.4 is 0 Å². The molecule has 2 aromatic rings. The molecule has 26 heavy (non-hydrogen) atoms. The van der Waals surface area contributed by atoms with Gasteiger partial charge in [-0.05, 0) is 32.4 Å². The van der Waals surface area contributed by atoms with Crippen molar-refractivity contribution in [3.63, 3.8) is 0 Å². The maximum atomic E-state index is 12.6. The van der Waals surface area contributed by atoms with Gasteiger partial charge in [0.2, 0.25) is 11.8 Å². The van der Waals surface area contributed by atoms with E-state index in [2.05, 4.69) is 10.2 Å². The molecule has 0 unspecified atom stereocenters. The average molecular weight is 396 g/mol. The lowest BCUT2D eigenvalue weighted by Crippen LogP contribution is -2.41. The summed E-state index contributed by atoms with van der Waals surface area (Å²) in [7, 11) is -1.38. The minimum atomic E-state index is -3.03. The zero-order valence-corrected chi connectivity index (χ0v) is 16.5. The summed E-state index contributed by atoms with van der Waals surface area (Å²) in [6.07, 6.45) is 0.486. The van der Waals surface area contributed by atoms with Crippen LogP contribution in [0.2, 0.25) is 0 Å². The average Bonchev–Trinajstić information content (AvgIpc) is 3.19. The minimum Gasteiger partial charge on any atom is -0.411 e. The van der Waals surface area contributed by atoms with Crippen LogP contribution in [0.4, 0.5) is 0 Å². The number of benzene rings is 1. The first-order valence-electron chi connectivity index (χ1n) is 8.29. The molecule has 7 nitrogen and oxygen atoms in total. The summed E-state index contributed by atoms with van der Waals surface area (Å²) in [5.74, 6) is 0.434. The van der Waals surface area contributed by atoms with Crippen LogP contribution in [0.1, 0.15) is 18.9 Å². The molecule has 0 spiro atoms. The molecule has 1 aliphatic heterocycles. The highest BCUT2D eigenvalue weighted by Crippen LogP contribution is 2.28. The van der Waals surface area contributed by atoms with Crippen LogP contribution in [0.3, 0.4) is 0 Å². The Hall–Kier alpha value is -1.87. The second-order valence-electron chi connectivity index (χ2n) is 6.51. The lowest BCUT2D eigenvalue weighted by atomic mass is 10.1. The second kappa shape index (κ2) is 7.40. The fourth-order valence-corrected chi connectivity index (χ4v) is 5.46. The molecular formula is C17H21N3O4S2. The van der Waals surface area contributed by atoms with E-state index in [1.54, 1.807) is 14.0 Å². The predicted molar refractivity (Wildman–Crippen MR) is 99.6 cm³/mol. The van der Waals surface area contributed by atoms with Gasteiger partial charge in [0.15, 0.2) is 9.84 Å². The number of amides is 1. The first-order valence-corrected chi connectivity index (χ1v) is 11.0. The highest BCUT2D eigenvalue weighted by Gasteiger charge is 2.34. The number of hydrogen-bond acceptors (Lipinski definition) is 7. The maximum Gasteiger partial charge on any atom is 0.277 e. The molecule has 0 radical (unpaired) electrons. The fraction of sp³-hybridized carbons (Fsp3) is 0.471. The number of sulfone groups is 1. The number of thioether (sulfide) groups is 1. The van der Waals surface area contributed by atoms with E-state index in [9.17, 15) is 13.2 Å². The Kier molecular flexibility index (Phi) is 5.38. The number of carbonyl (C=O) groups excluding carboxylic acids is 1. The summed E-state index contributed by atoms with van der Waals surface area (Å²) in [5.41, 5.74) is 1.92. The van der Waals surface area contributed by atoms with Gasteiger partial charge in [-0.25, -0.2) is 8.42 Å². The lowest BCUT2D eigenvalue weighted by molar-refractivity contribution is -0.130. The third kappa shape index (κ3) is 4.27. The van der Waals surface area contributed by atoms with Crippen LogP contribution in [0.5, 0.6) is 0 Å². The van der Waals surface area contributed by atoms with Crippen molar-refractivity contribution in [2.75, 3.05) is 18.6 Å². The molecule has 0 saturated carbocycles. The molecule has 1 aliphatic rings. The van der Waals surface area contributed by atoms with Crippen molar-refractivity contribution in [2.24, 2.45) is 0 Å². The Morgan fingerprint density at radius 3 is 2.81 bits per heavy atom. The van der Waals surface area contributed by atoms with Crippen LogP contribution in [-0.2, 0) is 14.6 Å². The highest BCUT2D eigenvalue weighted by molar-refractivity contribution is 8.00. The van der Waals surface area contributed by atoms with Gasteiger partial charge >= 0.3 is 0 Å². The van der Waals surface area contributed by atoms with E-state index in [1.165, 1.54) is 16.7 Å². The van der Waals surface area contributed by atoms with Crippen LogP contribution in [0.15, 0.2) is 33.9 Å². The van der Waals surface area contributed by atoms with Crippen molar-refractivity contribution >= 4 is 27.5 Å². The maximum absolute atomic E-state index is 12.6. The fourth-order valence-electron chi connectivity index (χ4n) is 2.90. The van der Waals surface area contributed by atoms with Gasteiger partial charge in [0.05, 0.1) is 16.8 Å². The van der Waals surface area contributed by atoms with Crippen molar-refractivity contribution in [1.82, 2.24) is 15.1 Å². The SMILES string of the molecule is Cc1cccc(-c2nnc(S[C@H](C)C(=O)N(C)[C@@H]3CCS(=O)(=O)C3)o2)c1.